The van der Waals surface area contributed by atoms with Crippen molar-refractivity contribution in [3.8, 4) is 0 Å². The molecule has 0 unspecified atom stereocenters. The maximum absolute atomic E-state index is 12.7. The Kier molecular flexibility index (Phi) is 9.80. The molecular formula is C24H26F3N3O5. The monoisotopic (exact) mass is 493 g/mol. The highest BCUT2D eigenvalue weighted by molar-refractivity contribution is 6.04. The summed E-state index contributed by atoms with van der Waals surface area (Å²) in [6.07, 6.45) is -3.72. The lowest BCUT2D eigenvalue weighted by molar-refractivity contribution is -0.192. The number of aliphatic carboxylic acids is 1. The van der Waals surface area contributed by atoms with Gasteiger partial charge in [-0.15, -0.1) is 0 Å². The largest absolute Gasteiger partial charge is 0.490 e. The van der Waals surface area contributed by atoms with E-state index >= 15 is 0 Å². The zero-order chi connectivity index (χ0) is 26.0. The zero-order valence-electron chi connectivity index (χ0n) is 19.0. The van der Waals surface area contributed by atoms with Crippen LogP contribution in [0.1, 0.15) is 40.5 Å². The quantitative estimate of drug-likeness (QED) is 0.589. The van der Waals surface area contributed by atoms with Gasteiger partial charge in [-0.25, -0.2) is 4.79 Å². The third-order valence-electron chi connectivity index (χ3n) is 5.17. The average molecular weight is 493 g/mol. The fourth-order valence-corrected chi connectivity index (χ4v) is 3.33. The second-order valence-electron chi connectivity index (χ2n) is 7.66. The highest BCUT2D eigenvalue weighted by atomic mass is 19.4. The number of carbonyl (C=O) groups excluding carboxylic acids is 3. The summed E-state index contributed by atoms with van der Waals surface area (Å²) in [5.41, 5.74) is 1.80. The summed E-state index contributed by atoms with van der Waals surface area (Å²) < 4.78 is 31.7. The Hall–Kier alpha value is -3.89. The van der Waals surface area contributed by atoms with E-state index in [2.05, 4.69) is 10.6 Å². The van der Waals surface area contributed by atoms with Crippen molar-refractivity contribution in [2.45, 2.75) is 25.9 Å². The number of benzene rings is 2. The van der Waals surface area contributed by atoms with E-state index < -0.39 is 12.1 Å². The maximum Gasteiger partial charge on any atom is 0.490 e. The maximum atomic E-state index is 12.7. The molecular weight excluding hydrogens is 467 g/mol. The standard InChI is InChI=1S/C22H25N3O3.C2HF3O2/c1-2-23-20(26)17-12-14-25(15-13-17)22(28)18-8-10-19(11-9-18)24-21(27)16-6-4-3-5-7-16;3-2(4,5)1(6)7/h3-11,17H,2,12-15H2,1H3,(H,23,26)(H,24,27);(H,6,7). The third-order valence-corrected chi connectivity index (χ3v) is 5.17. The molecule has 8 nitrogen and oxygen atoms in total. The van der Waals surface area contributed by atoms with Crippen molar-refractivity contribution in [1.82, 2.24) is 10.2 Å². The van der Waals surface area contributed by atoms with E-state index in [1.165, 1.54) is 0 Å². The molecule has 1 aliphatic heterocycles. The summed E-state index contributed by atoms with van der Waals surface area (Å²) in [7, 11) is 0. The topological polar surface area (TPSA) is 116 Å². The fourth-order valence-electron chi connectivity index (χ4n) is 3.33. The summed E-state index contributed by atoms with van der Waals surface area (Å²) >= 11 is 0. The molecule has 0 radical (unpaired) electrons. The van der Waals surface area contributed by atoms with Crippen molar-refractivity contribution in [2.75, 3.05) is 25.0 Å². The first-order chi connectivity index (χ1) is 16.5. The smallest absolute Gasteiger partial charge is 0.475 e. The number of anilines is 1. The molecule has 35 heavy (non-hydrogen) atoms. The van der Waals surface area contributed by atoms with Crippen LogP contribution in [0, 0.1) is 5.92 Å². The molecule has 188 valence electrons. The normalized spacial score (nSPS) is 13.8. The number of carbonyl (C=O) groups is 4. The molecule has 0 spiro atoms. The van der Waals surface area contributed by atoms with Crippen molar-refractivity contribution in [3.63, 3.8) is 0 Å². The molecule has 2 aromatic rings. The number of carboxylic acids is 1. The van der Waals surface area contributed by atoms with Crippen LogP contribution < -0.4 is 10.6 Å². The molecule has 0 aromatic heterocycles. The van der Waals surface area contributed by atoms with Gasteiger partial charge in [-0.2, -0.15) is 13.2 Å². The number of alkyl halides is 3. The number of rotatable bonds is 5. The molecule has 1 saturated heterocycles. The van der Waals surface area contributed by atoms with Crippen LogP contribution in [0.3, 0.4) is 0 Å². The van der Waals surface area contributed by atoms with Gasteiger partial charge in [0, 0.05) is 42.4 Å². The number of hydrogen-bond donors (Lipinski definition) is 3. The van der Waals surface area contributed by atoms with Crippen LogP contribution >= 0.6 is 0 Å². The molecule has 3 amide bonds. The van der Waals surface area contributed by atoms with Crippen LogP contribution in [0.2, 0.25) is 0 Å². The van der Waals surface area contributed by atoms with E-state index in [9.17, 15) is 27.6 Å². The van der Waals surface area contributed by atoms with Gasteiger partial charge >= 0.3 is 12.1 Å². The van der Waals surface area contributed by atoms with Gasteiger partial charge in [-0.05, 0) is 56.2 Å². The lowest BCUT2D eigenvalue weighted by Crippen LogP contribution is -2.43. The number of halogens is 3. The highest BCUT2D eigenvalue weighted by Gasteiger charge is 2.38. The van der Waals surface area contributed by atoms with Crippen LogP contribution in [0.4, 0.5) is 18.9 Å². The second-order valence-corrected chi connectivity index (χ2v) is 7.66. The first-order valence-corrected chi connectivity index (χ1v) is 10.9. The summed E-state index contributed by atoms with van der Waals surface area (Å²) in [4.78, 5) is 47.5. The molecule has 0 atom stereocenters. The summed E-state index contributed by atoms with van der Waals surface area (Å²) in [6, 6.07) is 15.9. The van der Waals surface area contributed by atoms with E-state index in [-0.39, 0.29) is 23.6 Å². The van der Waals surface area contributed by atoms with Gasteiger partial charge < -0.3 is 20.6 Å². The van der Waals surface area contributed by atoms with Crippen molar-refractivity contribution >= 4 is 29.4 Å². The molecule has 3 rings (SSSR count). The van der Waals surface area contributed by atoms with Crippen molar-refractivity contribution in [1.29, 1.82) is 0 Å². The van der Waals surface area contributed by atoms with Crippen LogP contribution in [0.15, 0.2) is 54.6 Å². The van der Waals surface area contributed by atoms with Crippen molar-refractivity contribution < 1.29 is 37.5 Å². The van der Waals surface area contributed by atoms with E-state index in [4.69, 9.17) is 9.90 Å². The van der Waals surface area contributed by atoms with Crippen molar-refractivity contribution in [2.24, 2.45) is 5.92 Å². The highest BCUT2D eigenvalue weighted by Crippen LogP contribution is 2.20. The number of amides is 3. The van der Waals surface area contributed by atoms with Gasteiger partial charge in [0.05, 0.1) is 0 Å². The molecule has 1 aliphatic rings. The van der Waals surface area contributed by atoms with Crippen LogP contribution in [-0.2, 0) is 9.59 Å². The summed E-state index contributed by atoms with van der Waals surface area (Å²) in [5.74, 6) is -2.93. The minimum Gasteiger partial charge on any atom is -0.475 e. The molecule has 0 saturated carbocycles. The molecule has 0 bridgehead atoms. The van der Waals surface area contributed by atoms with Crippen molar-refractivity contribution in [3.05, 3.63) is 65.7 Å². The SMILES string of the molecule is CCNC(=O)C1CCN(C(=O)c2ccc(NC(=O)c3ccccc3)cc2)CC1.O=C(O)C(F)(F)F. The number of nitrogens with zero attached hydrogens (tertiary/aromatic N) is 1. The fraction of sp³-hybridized carbons (Fsp3) is 0.333. The van der Waals surface area contributed by atoms with E-state index in [0.29, 0.717) is 49.3 Å². The molecule has 3 N–H and O–H groups in total. The second kappa shape index (κ2) is 12.5. The number of likely N-dealkylation sites (tertiary alicyclic amines) is 1. The molecule has 2 aromatic carbocycles. The Bertz CT molecular complexity index is 1020. The van der Waals surface area contributed by atoms with Gasteiger partial charge in [0.2, 0.25) is 5.91 Å². The van der Waals surface area contributed by atoms with E-state index in [0.717, 1.165) is 0 Å². The average Bonchev–Trinajstić information content (AvgIpc) is 2.84. The number of nitrogens with one attached hydrogen (secondary N) is 2. The van der Waals surface area contributed by atoms with Gasteiger partial charge in [0.25, 0.3) is 11.8 Å². The minimum atomic E-state index is -5.08. The zero-order valence-corrected chi connectivity index (χ0v) is 19.0. The van der Waals surface area contributed by atoms with Gasteiger partial charge in [-0.1, -0.05) is 18.2 Å². The predicted molar refractivity (Wildman–Crippen MR) is 122 cm³/mol. The predicted octanol–water partition coefficient (Wildman–Crippen LogP) is 3.56. The lowest BCUT2D eigenvalue weighted by atomic mass is 9.95. The van der Waals surface area contributed by atoms with Gasteiger partial charge in [0.15, 0.2) is 0 Å². The Balaban J connectivity index is 0.000000540. The number of hydrogen-bond acceptors (Lipinski definition) is 4. The first kappa shape index (κ1) is 27.4. The van der Waals surface area contributed by atoms with Crippen LogP contribution in [0.5, 0.6) is 0 Å². The van der Waals surface area contributed by atoms with Crippen LogP contribution in [0.25, 0.3) is 0 Å². The minimum absolute atomic E-state index is 0.0143. The van der Waals surface area contributed by atoms with Crippen LogP contribution in [-0.4, -0.2) is 59.5 Å². The Morgan fingerprint density at radius 2 is 1.49 bits per heavy atom. The van der Waals surface area contributed by atoms with Gasteiger partial charge in [-0.3, -0.25) is 14.4 Å². The van der Waals surface area contributed by atoms with Gasteiger partial charge in [0.1, 0.15) is 0 Å². The van der Waals surface area contributed by atoms with E-state index in [1.54, 1.807) is 41.3 Å². The Labute approximate surface area is 200 Å². The molecule has 1 heterocycles. The molecule has 1 fully saturated rings. The third kappa shape index (κ3) is 8.43. The summed E-state index contributed by atoms with van der Waals surface area (Å²) in [6.45, 7) is 3.69. The number of carboxylic acid groups (broad SMARTS) is 1. The molecule has 0 aliphatic carbocycles. The Morgan fingerprint density at radius 1 is 0.943 bits per heavy atom. The first-order valence-electron chi connectivity index (χ1n) is 10.9. The van der Waals surface area contributed by atoms with E-state index in [1.807, 2.05) is 25.1 Å². The Morgan fingerprint density at radius 3 is 1.97 bits per heavy atom. The summed E-state index contributed by atoms with van der Waals surface area (Å²) in [5, 5.41) is 12.8. The number of piperidine rings is 1. The molecule has 11 heteroatoms. The lowest BCUT2D eigenvalue weighted by Gasteiger charge is -2.31.